The van der Waals surface area contributed by atoms with Crippen molar-refractivity contribution in [1.29, 1.82) is 0 Å². The van der Waals surface area contributed by atoms with Crippen LogP contribution in [0.2, 0.25) is 0 Å². The first-order valence-electron chi connectivity index (χ1n) is 9.08. The van der Waals surface area contributed by atoms with Gasteiger partial charge >= 0.3 is 0 Å². The molecule has 1 aliphatic rings. The third kappa shape index (κ3) is 3.93. The third-order valence-electron chi connectivity index (χ3n) is 4.97. The van der Waals surface area contributed by atoms with E-state index in [0.717, 1.165) is 30.1 Å². The highest BCUT2D eigenvalue weighted by Crippen LogP contribution is 2.32. The van der Waals surface area contributed by atoms with Crippen LogP contribution in [0.4, 0.5) is 17.1 Å². The lowest BCUT2D eigenvalue weighted by Gasteiger charge is -2.34. The highest BCUT2D eigenvalue weighted by atomic mass is 16.5. The zero-order valence-corrected chi connectivity index (χ0v) is 15.7. The molecule has 1 saturated heterocycles. The van der Waals surface area contributed by atoms with Gasteiger partial charge in [-0.2, -0.15) is 0 Å². The monoisotopic (exact) mass is 353 g/mol. The molecule has 0 bridgehead atoms. The molecule has 138 valence electrons. The Balaban J connectivity index is 1.82. The maximum Gasteiger partial charge on any atom is 0.255 e. The Hall–Kier alpha value is -2.69. The van der Waals surface area contributed by atoms with E-state index in [1.54, 1.807) is 31.4 Å². The molecular formula is C21H27N3O2. The molecule has 1 amide bonds. The van der Waals surface area contributed by atoms with Crippen LogP contribution in [0.5, 0.6) is 5.75 Å². The number of rotatable bonds is 4. The van der Waals surface area contributed by atoms with E-state index in [1.807, 2.05) is 12.1 Å². The van der Waals surface area contributed by atoms with Crippen LogP contribution in [0.15, 0.2) is 36.4 Å². The maximum absolute atomic E-state index is 12.6. The van der Waals surface area contributed by atoms with Crippen LogP contribution in [-0.2, 0) is 0 Å². The highest BCUT2D eigenvalue weighted by Gasteiger charge is 2.19. The molecule has 0 spiro atoms. The van der Waals surface area contributed by atoms with E-state index in [-0.39, 0.29) is 5.91 Å². The number of methoxy groups -OCH3 is 1. The number of nitrogens with two attached hydrogens (primary N) is 1. The number of piperidine rings is 1. The SMILES string of the molecule is COc1ccc(C(=O)Nc2cc(N3CCC[C@@H](C)C3)c(C)cc2N)cc1. The van der Waals surface area contributed by atoms with Crippen molar-refractivity contribution < 1.29 is 9.53 Å². The van der Waals surface area contributed by atoms with Crippen molar-refractivity contribution in [2.24, 2.45) is 5.92 Å². The minimum absolute atomic E-state index is 0.179. The highest BCUT2D eigenvalue weighted by molar-refractivity contribution is 6.06. The smallest absolute Gasteiger partial charge is 0.255 e. The van der Waals surface area contributed by atoms with Crippen molar-refractivity contribution in [1.82, 2.24) is 0 Å². The number of anilines is 3. The second kappa shape index (κ2) is 7.68. The van der Waals surface area contributed by atoms with Crippen molar-refractivity contribution in [3.05, 3.63) is 47.5 Å². The number of carbonyl (C=O) groups excluding carboxylic acids is 1. The standard InChI is InChI=1S/C21H27N3O2/c1-14-5-4-10-24(13-14)20-12-19(18(22)11-15(20)2)23-21(25)16-6-8-17(26-3)9-7-16/h6-9,11-12,14H,4-5,10,13,22H2,1-3H3,(H,23,25)/t14-/m1/s1. The molecule has 0 aromatic heterocycles. The molecular weight excluding hydrogens is 326 g/mol. The molecule has 0 unspecified atom stereocenters. The minimum atomic E-state index is -0.179. The summed E-state index contributed by atoms with van der Waals surface area (Å²) in [5.41, 5.74) is 10.3. The van der Waals surface area contributed by atoms with Gasteiger partial charge in [-0.15, -0.1) is 0 Å². The number of nitrogens with zero attached hydrogens (tertiary/aromatic N) is 1. The molecule has 5 nitrogen and oxygen atoms in total. The Bertz CT molecular complexity index is 787. The quantitative estimate of drug-likeness (QED) is 0.813. The van der Waals surface area contributed by atoms with E-state index in [0.29, 0.717) is 22.9 Å². The van der Waals surface area contributed by atoms with Crippen LogP contribution in [-0.4, -0.2) is 26.1 Å². The zero-order valence-electron chi connectivity index (χ0n) is 15.7. The molecule has 2 aromatic rings. The summed E-state index contributed by atoms with van der Waals surface area (Å²) in [5.74, 6) is 1.22. The Morgan fingerprint density at radius 2 is 2.00 bits per heavy atom. The number of nitrogens with one attached hydrogen (secondary N) is 1. The van der Waals surface area contributed by atoms with Gasteiger partial charge in [0.2, 0.25) is 0 Å². The number of ether oxygens (including phenoxy) is 1. The first-order chi connectivity index (χ1) is 12.5. The van der Waals surface area contributed by atoms with Crippen LogP contribution in [0.3, 0.4) is 0 Å². The Kier molecular flexibility index (Phi) is 5.35. The summed E-state index contributed by atoms with van der Waals surface area (Å²) >= 11 is 0. The molecule has 3 N–H and O–H groups in total. The van der Waals surface area contributed by atoms with Crippen LogP contribution in [0.25, 0.3) is 0 Å². The van der Waals surface area contributed by atoms with Gasteiger partial charge < -0.3 is 20.7 Å². The molecule has 1 fully saturated rings. The Morgan fingerprint density at radius 1 is 1.27 bits per heavy atom. The fourth-order valence-electron chi connectivity index (χ4n) is 3.51. The third-order valence-corrected chi connectivity index (χ3v) is 4.97. The first-order valence-corrected chi connectivity index (χ1v) is 9.08. The van der Waals surface area contributed by atoms with Crippen molar-refractivity contribution >= 4 is 23.0 Å². The number of benzene rings is 2. The molecule has 5 heteroatoms. The summed E-state index contributed by atoms with van der Waals surface area (Å²) in [6, 6.07) is 11.0. The molecule has 0 saturated carbocycles. The lowest BCUT2D eigenvalue weighted by atomic mass is 9.98. The van der Waals surface area contributed by atoms with Crippen LogP contribution in [0, 0.1) is 12.8 Å². The van der Waals surface area contributed by atoms with Crippen LogP contribution in [0.1, 0.15) is 35.7 Å². The number of aryl methyl sites for hydroxylation is 1. The van der Waals surface area contributed by atoms with E-state index in [1.165, 1.54) is 12.8 Å². The first kappa shape index (κ1) is 18.1. The van der Waals surface area contributed by atoms with E-state index < -0.39 is 0 Å². The predicted molar refractivity (Wildman–Crippen MR) is 107 cm³/mol. The Morgan fingerprint density at radius 3 is 2.65 bits per heavy atom. The van der Waals surface area contributed by atoms with Gasteiger partial charge in [0.1, 0.15) is 5.75 Å². The average molecular weight is 353 g/mol. The summed E-state index contributed by atoms with van der Waals surface area (Å²) in [5, 5.41) is 2.95. The number of hydrogen-bond acceptors (Lipinski definition) is 4. The van der Waals surface area contributed by atoms with Gasteiger partial charge in [0, 0.05) is 24.3 Å². The van der Waals surface area contributed by atoms with Gasteiger partial charge in [0.05, 0.1) is 18.5 Å². The van der Waals surface area contributed by atoms with Gasteiger partial charge in [0.15, 0.2) is 0 Å². The van der Waals surface area contributed by atoms with Crippen molar-refractivity contribution in [2.75, 3.05) is 36.1 Å². The topological polar surface area (TPSA) is 67.6 Å². The summed E-state index contributed by atoms with van der Waals surface area (Å²) in [6.07, 6.45) is 2.46. The van der Waals surface area contributed by atoms with Crippen molar-refractivity contribution in [2.45, 2.75) is 26.7 Å². The van der Waals surface area contributed by atoms with Crippen molar-refractivity contribution in [3.63, 3.8) is 0 Å². The molecule has 0 radical (unpaired) electrons. The molecule has 0 aliphatic carbocycles. The summed E-state index contributed by atoms with van der Waals surface area (Å²) in [7, 11) is 1.60. The van der Waals surface area contributed by atoms with Gasteiger partial charge in [-0.3, -0.25) is 4.79 Å². The Labute approximate surface area is 155 Å². The van der Waals surface area contributed by atoms with Crippen LogP contribution >= 0.6 is 0 Å². The van der Waals surface area contributed by atoms with E-state index >= 15 is 0 Å². The molecule has 1 atom stereocenters. The molecule has 26 heavy (non-hydrogen) atoms. The zero-order chi connectivity index (χ0) is 18.7. The van der Waals surface area contributed by atoms with Gasteiger partial charge in [-0.25, -0.2) is 0 Å². The molecule has 2 aromatic carbocycles. The summed E-state index contributed by atoms with van der Waals surface area (Å²) in [6.45, 7) is 6.43. The van der Waals surface area contributed by atoms with Gasteiger partial charge in [0.25, 0.3) is 5.91 Å². The van der Waals surface area contributed by atoms with Gasteiger partial charge in [-0.05, 0) is 67.6 Å². The lowest BCUT2D eigenvalue weighted by molar-refractivity contribution is 0.102. The normalized spacial score (nSPS) is 17.0. The number of amides is 1. The second-order valence-corrected chi connectivity index (χ2v) is 7.10. The van der Waals surface area contributed by atoms with E-state index in [4.69, 9.17) is 10.5 Å². The average Bonchev–Trinajstić information content (AvgIpc) is 2.64. The number of nitrogen functional groups attached to an aromatic ring is 1. The molecule has 1 heterocycles. The molecule has 1 aliphatic heterocycles. The number of hydrogen-bond donors (Lipinski definition) is 2. The van der Waals surface area contributed by atoms with Crippen LogP contribution < -0.4 is 20.7 Å². The van der Waals surface area contributed by atoms with Crippen molar-refractivity contribution in [3.8, 4) is 5.75 Å². The maximum atomic E-state index is 12.6. The van der Waals surface area contributed by atoms with E-state index in [2.05, 4.69) is 24.1 Å². The number of carbonyl (C=O) groups is 1. The summed E-state index contributed by atoms with van der Waals surface area (Å²) < 4.78 is 5.13. The minimum Gasteiger partial charge on any atom is -0.497 e. The predicted octanol–water partition coefficient (Wildman–Crippen LogP) is 4.07. The summed E-state index contributed by atoms with van der Waals surface area (Å²) in [4.78, 5) is 15.0. The van der Waals surface area contributed by atoms with E-state index in [9.17, 15) is 4.79 Å². The fraction of sp³-hybridized carbons (Fsp3) is 0.381. The fourth-order valence-corrected chi connectivity index (χ4v) is 3.51. The second-order valence-electron chi connectivity index (χ2n) is 7.10. The molecule has 3 rings (SSSR count). The largest absolute Gasteiger partial charge is 0.497 e. The van der Waals surface area contributed by atoms with Gasteiger partial charge in [-0.1, -0.05) is 6.92 Å². The lowest BCUT2D eigenvalue weighted by Crippen LogP contribution is -2.34.